The van der Waals surface area contributed by atoms with Crippen LogP contribution in [0.15, 0.2) is 0 Å². The number of nitrogens with one attached hydrogen (secondary N) is 1. The highest BCUT2D eigenvalue weighted by Crippen LogP contribution is 1.99. The van der Waals surface area contributed by atoms with E-state index in [1.54, 1.807) is 14.0 Å². The van der Waals surface area contributed by atoms with Crippen LogP contribution in [0.25, 0.3) is 0 Å². The first kappa shape index (κ1) is 14.9. The zero-order valence-electron chi connectivity index (χ0n) is 9.79. The Labute approximate surface area is 93.3 Å². The Hall–Kier alpha value is -0.130. The molecular weight excluding hydrogens is 214 g/mol. The standard InChI is InChI=1S/C10H23NO3S/c1-3-15(12,13)10-6-4-5-7-11-8-9-14-2/h11H,3-10H2,1-2H3. The second kappa shape index (κ2) is 9.12. The number of hydrogen-bond donors (Lipinski definition) is 1. The molecule has 0 amide bonds. The summed E-state index contributed by atoms with van der Waals surface area (Å²) >= 11 is 0. The van der Waals surface area contributed by atoms with Crippen LogP contribution in [0.4, 0.5) is 0 Å². The fourth-order valence-electron chi connectivity index (χ4n) is 1.19. The third-order valence-corrected chi connectivity index (χ3v) is 4.02. The lowest BCUT2D eigenvalue weighted by molar-refractivity contribution is 0.199. The summed E-state index contributed by atoms with van der Waals surface area (Å²) in [5, 5.41) is 3.22. The van der Waals surface area contributed by atoms with Gasteiger partial charge in [0.1, 0.15) is 9.84 Å². The van der Waals surface area contributed by atoms with Gasteiger partial charge in [-0.05, 0) is 19.4 Å². The van der Waals surface area contributed by atoms with E-state index in [0.717, 1.165) is 39.0 Å². The maximum atomic E-state index is 11.1. The van der Waals surface area contributed by atoms with Crippen LogP contribution in [0.3, 0.4) is 0 Å². The van der Waals surface area contributed by atoms with Crippen molar-refractivity contribution in [1.29, 1.82) is 0 Å². The third-order valence-electron chi connectivity index (χ3n) is 2.23. The highest BCUT2D eigenvalue weighted by molar-refractivity contribution is 7.91. The predicted molar refractivity (Wildman–Crippen MR) is 62.9 cm³/mol. The first-order valence-electron chi connectivity index (χ1n) is 5.52. The van der Waals surface area contributed by atoms with Crippen molar-refractivity contribution in [3.8, 4) is 0 Å². The average Bonchev–Trinajstić information content (AvgIpc) is 2.22. The van der Waals surface area contributed by atoms with E-state index < -0.39 is 9.84 Å². The molecule has 0 spiro atoms. The molecule has 0 bridgehead atoms. The predicted octanol–water partition coefficient (Wildman–Crippen LogP) is 0.827. The van der Waals surface area contributed by atoms with E-state index >= 15 is 0 Å². The van der Waals surface area contributed by atoms with Gasteiger partial charge in [-0.2, -0.15) is 0 Å². The molecule has 0 rings (SSSR count). The van der Waals surface area contributed by atoms with Crippen LogP contribution in [0.2, 0.25) is 0 Å². The van der Waals surface area contributed by atoms with Gasteiger partial charge in [0.15, 0.2) is 0 Å². The molecular formula is C10H23NO3S. The summed E-state index contributed by atoms with van der Waals surface area (Å²) in [5.74, 6) is 0.598. The Morgan fingerprint density at radius 2 is 1.87 bits per heavy atom. The topological polar surface area (TPSA) is 55.4 Å². The van der Waals surface area contributed by atoms with Crippen molar-refractivity contribution in [3.63, 3.8) is 0 Å². The van der Waals surface area contributed by atoms with Crippen LogP contribution in [-0.2, 0) is 14.6 Å². The second-order valence-electron chi connectivity index (χ2n) is 3.54. The van der Waals surface area contributed by atoms with E-state index in [-0.39, 0.29) is 5.75 Å². The average molecular weight is 237 g/mol. The zero-order valence-corrected chi connectivity index (χ0v) is 10.6. The molecule has 5 heteroatoms. The van der Waals surface area contributed by atoms with Crippen LogP contribution >= 0.6 is 0 Å². The van der Waals surface area contributed by atoms with Gasteiger partial charge >= 0.3 is 0 Å². The first-order valence-corrected chi connectivity index (χ1v) is 7.34. The maximum Gasteiger partial charge on any atom is 0.150 e. The Morgan fingerprint density at radius 3 is 2.47 bits per heavy atom. The molecule has 1 N–H and O–H groups in total. The number of rotatable bonds is 10. The van der Waals surface area contributed by atoms with Crippen molar-refractivity contribution in [2.45, 2.75) is 26.2 Å². The minimum atomic E-state index is -2.76. The molecule has 0 atom stereocenters. The summed E-state index contributed by atoms with van der Waals surface area (Å²) in [5.41, 5.74) is 0. The molecule has 0 aromatic heterocycles. The number of methoxy groups -OCH3 is 1. The SMILES string of the molecule is CCS(=O)(=O)CCCCCNCCOC. The summed E-state index contributed by atoms with van der Waals surface area (Å²) in [6.45, 7) is 4.23. The van der Waals surface area contributed by atoms with Gasteiger partial charge in [-0.15, -0.1) is 0 Å². The lowest BCUT2D eigenvalue weighted by Crippen LogP contribution is -2.20. The molecule has 0 aliphatic rings. The van der Waals surface area contributed by atoms with Crippen molar-refractivity contribution in [2.75, 3.05) is 38.3 Å². The monoisotopic (exact) mass is 237 g/mol. The van der Waals surface area contributed by atoms with Gasteiger partial charge in [0.05, 0.1) is 12.4 Å². The molecule has 15 heavy (non-hydrogen) atoms. The van der Waals surface area contributed by atoms with Crippen molar-refractivity contribution >= 4 is 9.84 Å². The molecule has 0 aliphatic carbocycles. The summed E-state index contributed by atoms with van der Waals surface area (Å²) in [6.07, 6.45) is 2.78. The number of hydrogen-bond acceptors (Lipinski definition) is 4. The Morgan fingerprint density at radius 1 is 1.13 bits per heavy atom. The van der Waals surface area contributed by atoms with E-state index in [4.69, 9.17) is 4.74 Å². The van der Waals surface area contributed by atoms with Crippen molar-refractivity contribution in [2.24, 2.45) is 0 Å². The van der Waals surface area contributed by atoms with Crippen molar-refractivity contribution in [1.82, 2.24) is 5.32 Å². The van der Waals surface area contributed by atoms with Gasteiger partial charge in [-0.25, -0.2) is 8.42 Å². The lowest BCUT2D eigenvalue weighted by Gasteiger charge is -2.04. The summed E-state index contributed by atoms with van der Waals surface area (Å²) < 4.78 is 27.2. The molecule has 0 unspecified atom stereocenters. The van der Waals surface area contributed by atoms with Gasteiger partial charge in [0.2, 0.25) is 0 Å². The maximum absolute atomic E-state index is 11.1. The molecule has 0 saturated carbocycles. The van der Waals surface area contributed by atoms with Gasteiger partial charge < -0.3 is 10.1 Å². The van der Waals surface area contributed by atoms with Crippen LogP contribution in [0.1, 0.15) is 26.2 Å². The van der Waals surface area contributed by atoms with Gasteiger partial charge in [-0.3, -0.25) is 0 Å². The highest BCUT2D eigenvalue weighted by atomic mass is 32.2. The molecule has 0 aromatic rings. The molecule has 0 fully saturated rings. The minimum absolute atomic E-state index is 0.263. The highest BCUT2D eigenvalue weighted by Gasteiger charge is 2.05. The van der Waals surface area contributed by atoms with Crippen LogP contribution in [0, 0.1) is 0 Å². The molecule has 0 aromatic carbocycles. The number of ether oxygens (including phenoxy) is 1. The molecule has 92 valence electrons. The van der Waals surface area contributed by atoms with Crippen LogP contribution in [-0.4, -0.2) is 46.7 Å². The Kier molecular flexibility index (Phi) is 9.04. The van der Waals surface area contributed by atoms with E-state index in [1.807, 2.05) is 0 Å². The second-order valence-corrected chi connectivity index (χ2v) is 6.01. The minimum Gasteiger partial charge on any atom is -0.383 e. The smallest absolute Gasteiger partial charge is 0.150 e. The first-order chi connectivity index (χ1) is 7.12. The molecule has 4 nitrogen and oxygen atoms in total. The fourth-order valence-corrected chi connectivity index (χ4v) is 2.12. The number of unbranched alkanes of at least 4 members (excludes halogenated alkanes) is 2. The zero-order chi connectivity index (χ0) is 11.6. The van der Waals surface area contributed by atoms with Crippen molar-refractivity contribution in [3.05, 3.63) is 0 Å². The van der Waals surface area contributed by atoms with E-state index in [2.05, 4.69) is 5.32 Å². The lowest BCUT2D eigenvalue weighted by atomic mass is 10.2. The van der Waals surface area contributed by atoms with Crippen LogP contribution in [0.5, 0.6) is 0 Å². The molecule has 0 radical (unpaired) electrons. The quantitative estimate of drug-likeness (QED) is 0.572. The van der Waals surface area contributed by atoms with Crippen LogP contribution < -0.4 is 5.32 Å². The summed E-state index contributed by atoms with van der Waals surface area (Å²) in [7, 11) is -1.08. The normalized spacial score (nSPS) is 11.9. The fraction of sp³-hybridized carbons (Fsp3) is 1.00. The number of sulfone groups is 1. The Bertz CT molecular complexity index is 227. The molecule has 0 aliphatic heterocycles. The third kappa shape index (κ3) is 10.2. The van der Waals surface area contributed by atoms with Gasteiger partial charge in [0.25, 0.3) is 0 Å². The molecule has 0 saturated heterocycles. The summed E-state index contributed by atoms with van der Waals surface area (Å²) in [6, 6.07) is 0. The summed E-state index contributed by atoms with van der Waals surface area (Å²) in [4.78, 5) is 0. The van der Waals surface area contributed by atoms with Crippen molar-refractivity contribution < 1.29 is 13.2 Å². The van der Waals surface area contributed by atoms with E-state index in [1.165, 1.54) is 0 Å². The van der Waals surface area contributed by atoms with Gasteiger partial charge in [-0.1, -0.05) is 13.3 Å². The molecule has 0 heterocycles. The van der Waals surface area contributed by atoms with E-state index in [9.17, 15) is 8.42 Å². The van der Waals surface area contributed by atoms with Gasteiger partial charge in [0, 0.05) is 19.4 Å². The Balaban J connectivity index is 3.19. The largest absolute Gasteiger partial charge is 0.383 e. The van der Waals surface area contributed by atoms with E-state index in [0.29, 0.717) is 5.75 Å².